The van der Waals surface area contributed by atoms with E-state index in [0.29, 0.717) is 16.9 Å². The van der Waals surface area contributed by atoms with Gasteiger partial charge in [-0.25, -0.2) is 4.79 Å². The molecular formula is C21H25N3O4. The Labute approximate surface area is 164 Å². The van der Waals surface area contributed by atoms with Gasteiger partial charge in [-0.2, -0.15) is 0 Å². The van der Waals surface area contributed by atoms with E-state index in [1.54, 1.807) is 30.3 Å². The van der Waals surface area contributed by atoms with Gasteiger partial charge < -0.3 is 14.6 Å². The van der Waals surface area contributed by atoms with Crippen molar-refractivity contribution in [3.05, 3.63) is 53.9 Å². The van der Waals surface area contributed by atoms with Crippen molar-refractivity contribution >= 4 is 23.3 Å². The predicted molar refractivity (Wildman–Crippen MR) is 106 cm³/mol. The molecule has 1 aromatic heterocycles. The van der Waals surface area contributed by atoms with Crippen LogP contribution in [0.15, 0.2) is 42.6 Å². The van der Waals surface area contributed by atoms with Crippen molar-refractivity contribution in [2.45, 2.75) is 25.8 Å². The smallest absolute Gasteiger partial charge is 0.354 e. The molecule has 7 heteroatoms. The van der Waals surface area contributed by atoms with Gasteiger partial charge >= 0.3 is 5.97 Å². The minimum atomic E-state index is -0.337. The number of amides is 1. The topological polar surface area (TPSA) is 80.6 Å². The number of methoxy groups -OCH3 is 1. The minimum absolute atomic E-state index is 0.0788. The maximum Gasteiger partial charge on any atom is 0.354 e. The van der Waals surface area contributed by atoms with Gasteiger partial charge in [0, 0.05) is 30.9 Å². The van der Waals surface area contributed by atoms with Gasteiger partial charge in [0.15, 0.2) is 5.78 Å². The molecule has 0 aliphatic carbocycles. The third-order valence-corrected chi connectivity index (χ3v) is 5.07. The van der Waals surface area contributed by atoms with E-state index < -0.39 is 0 Å². The number of ketones is 1. The molecule has 2 heterocycles. The Morgan fingerprint density at radius 2 is 1.82 bits per heavy atom. The first-order valence-electron chi connectivity index (χ1n) is 9.37. The molecule has 7 nitrogen and oxygen atoms in total. The molecule has 0 atom stereocenters. The van der Waals surface area contributed by atoms with Crippen LogP contribution in [0.3, 0.4) is 0 Å². The van der Waals surface area contributed by atoms with E-state index in [1.165, 1.54) is 14.0 Å². The van der Waals surface area contributed by atoms with Gasteiger partial charge in [-0.15, -0.1) is 0 Å². The molecule has 0 radical (unpaired) electrons. The third kappa shape index (κ3) is 4.48. The number of nitrogens with zero attached hydrogens (tertiary/aromatic N) is 2. The number of esters is 1. The third-order valence-electron chi connectivity index (χ3n) is 5.07. The summed E-state index contributed by atoms with van der Waals surface area (Å²) in [5, 5.41) is 2.84. The van der Waals surface area contributed by atoms with Crippen LogP contribution in [0.25, 0.3) is 0 Å². The SMILES string of the molecule is COC(=O)c1cccn1C1CCN(CC(=O)Nc2ccccc2C(C)=O)CC1. The molecule has 0 unspecified atom stereocenters. The Morgan fingerprint density at radius 3 is 2.50 bits per heavy atom. The summed E-state index contributed by atoms with van der Waals surface area (Å²) >= 11 is 0. The van der Waals surface area contributed by atoms with Gasteiger partial charge in [0.05, 0.1) is 19.3 Å². The Hall–Kier alpha value is -2.93. The van der Waals surface area contributed by atoms with Crippen LogP contribution in [-0.4, -0.2) is 53.9 Å². The lowest BCUT2D eigenvalue weighted by Gasteiger charge is -2.32. The molecule has 1 aliphatic rings. The second-order valence-electron chi connectivity index (χ2n) is 6.95. The predicted octanol–water partition coefficient (Wildman–Crippen LogP) is 2.75. The fourth-order valence-corrected chi connectivity index (χ4v) is 3.64. The van der Waals surface area contributed by atoms with Crippen LogP contribution in [0.4, 0.5) is 5.69 Å². The molecule has 3 rings (SSSR count). The number of rotatable bonds is 6. The number of piperidine rings is 1. The number of carbonyl (C=O) groups excluding carboxylic acids is 3. The number of hydrogen-bond donors (Lipinski definition) is 1. The van der Waals surface area contributed by atoms with E-state index >= 15 is 0 Å². The number of likely N-dealkylation sites (tertiary alicyclic amines) is 1. The molecule has 1 aromatic carbocycles. The van der Waals surface area contributed by atoms with Crippen molar-refractivity contribution in [3.63, 3.8) is 0 Å². The van der Waals surface area contributed by atoms with Crippen LogP contribution >= 0.6 is 0 Å². The van der Waals surface area contributed by atoms with Crippen molar-refractivity contribution in [1.29, 1.82) is 0 Å². The van der Waals surface area contributed by atoms with Crippen molar-refractivity contribution in [3.8, 4) is 0 Å². The zero-order chi connectivity index (χ0) is 20.1. The standard InChI is InChI=1S/C21H25N3O4/c1-15(25)17-6-3-4-7-18(17)22-20(26)14-23-12-9-16(10-13-23)24-11-5-8-19(24)21(27)28-2/h3-8,11,16H,9-10,12-14H2,1-2H3,(H,22,26). The number of aromatic nitrogens is 1. The minimum Gasteiger partial charge on any atom is -0.464 e. The Kier molecular flexibility index (Phi) is 6.26. The molecule has 1 amide bonds. The summed E-state index contributed by atoms with van der Waals surface area (Å²) in [7, 11) is 1.38. The summed E-state index contributed by atoms with van der Waals surface area (Å²) in [4.78, 5) is 38.1. The zero-order valence-electron chi connectivity index (χ0n) is 16.2. The molecule has 28 heavy (non-hydrogen) atoms. The van der Waals surface area contributed by atoms with Crippen LogP contribution in [0.2, 0.25) is 0 Å². The number of benzene rings is 1. The average Bonchev–Trinajstić information content (AvgIpc) is 3.18. The van der Waals surface area contributed by atoms with E-state index in [0.717, 1.165) is 25.9 Å². The van der Waals surface area contributed by atoms with Crippen molar-refractivity contribution in [1.82, 2.24) is 9.47 Å². The summed E-state index contributed by atoms with van der Waals surface area (Å²) in [6, 6.07) is 10.8. The van der Waals surface area contributed by atoms with Crippen LogP contribution in [0, 0.1) is 0 Å². The number of para-hydroxylation sites is 1. The summed E-state index contributed by atoms with van der Waals surface area (Å²) in [5.41, 5.74) is 1.61. The average molecular weight is 383 g/mol. The summed E-state index contributed by atoms with van der Waals surface area (Å²) in [5.74, 6) is -0.552. The molecule has 0 spiro atoms. The Bertz CT molecular complexity index is 866. The number of Topliss-reactive ketones (excluding diaryl/α,β-unsaturated/α-hetero) is 1. The van der Waals surface area contributed by atoms with Gasteiger partial charge in [0.2, 0.25) is 5.91 Å². The van der Waals surface area contributed by atoms with Gasteiger partial charge in [-0.3, -0.25) is 14.5 Å². The number of anilines is 1. The molecule has 0 bridgehead atoms. The molecule has 0 saturated carbocycles. The van der Waals surface area contributed by atoms with Crippen molar-refractivity contribution in [2.24, 2.45) is 0 Å². The van der Waals surface area contributed by atoms with E-state index in [4.69, 9.17) is 4.74 Å². The number of carbonyl (C=O) groups is 3. The maximum atomic E-state index is 12.4. The first kappa shape index (κ1) is 19.8. The second kappa shape index (κ2) is 8.84. The normalized spacial score (nSPS) is 15.2. The highest BCUT2D eigenvalue weighted by atomic mass is 16.5. The number of nitrogens with one attached hydrogen (secondary N) is 1. The van der Waals surface area contributed by atoms with E-state index in [-0.39, 0.29) is 30.2 Å². The van der Waals surface area contributed by atoms with Crippen molar-refractivity contribution < 1.29 is 19.1 Å². The summed E-state index contributed by atoms with van der Waals surface area (Å²) in [6.07, 6.45) is 3.59. The van der Waals surface area contributed by atoms with Crippen molar-refractivity contribution in [2.75, 3.05) is 32.1 Å². The molecular weight excluding hydrogens is 358 g/mol. The van der Waals surface area contributed by atoms with E-state index in [2.05, 4.69) is 10.2 Å². The fraction of sp³-hybridized carbons (Fsp3) is 0.381. The lowest BCUT2D eigenvalue weighted by molar-refractivity contribution is -0.117. The second-order valence-corrected chi connectivity index (χ2v) is 6.95. The number of hydrogen-bond acceptors (Lipinski definition) is 5. The van der Waals surface area contributed by atoms with E-state index in [1.807, 2.05) is 16.8 Å². The number of ether oxygens (including phenoxy) is 1. The van der Waals surface area contributed by atoms with Crippen LogP contribution in [-0.2, 0) is 9.53 Å². The Balaban J connectivity index is 1.55. The quantitative estimate of drug-likeness (QED) is 0.613. The molecule has 1 aliphatic heterocycles. The molecule has 1 saturated heterocycles. The monoisotopic (exact) mass is 383 g/mol. The highest BCUT2D eigenvalue weighted by Gasteiger charge is 2.25. The summed E-state index contributed by atoms with van der Waals surface area (Å²) < 4.78 is 6.80. The lowest BCUT2D eigenvalue weighted by Crippen LogP contribution is -2.40. The maximum absolute atomic E-state index is 12.4. The summed E-state index contributed by atoms with van der Waals surface area (Å²) in [6.45, 7) is 3.27. The Morgan fingerprint density at radius 1 is 1.11 bits per heavy atom. The fourth-order valence-electron chi connectivity index (χ4n) is 3.64. The van der Waals surface area contributed by atoms with Gasteiger partial charge in [-0.1, -0.05) is 12.1 Å². The first-order valence-corrected chi connectivity index (χ1v) is 9.37. The zero-order valence-corrected chi connectivity index (χ0v) is 16.2. The molecule has 1 fully saturated rings. The van der Waals surface area contributed by atoms with Crippen LogP contribution < -0.4 is 5.32 Å². The molecule has 1 N–H and O–H groups in total. The highest BCUT2D eigenvalue weighted by molar-refractivity contribution is 6.04. The molecule has 148 valence electrons. The lowest BCUT2D eigenvalue weighted by atomic mass is 10.0. The molecule has 2 aromatic rings. The van der Waals surface area contributed by atoms with E-state index in [9.17, 15) is 14.4 Å². The van der Waals surface area contributed by atoms with Gasteiger partial charge in [-0.05, 0) is 44.0 Å². The van der Waals surface area contributed by atoms with Crippen LogP contribution in [0.5, 0.6) is 0 Å². The first-order chi connectivity index (χ1) is 13.5. The largest absolute Gasteiger partial charge is 0.464 e. The van der Waals surface area contributed by atoms with Crippen LogP contribution in [0.1, 0.15) is 46.7 Å². The van der Waals surface area contributed by atoms with Gasteiger partial charge in [0.1, 0.15) is 5.69 Å². The van der Waals surface area contributed by atoms with Gasteiger partial charge in [0.25, 0.3) is 0 Å². The highest BCUT2D eigenvalue weighted by Crippen LogP contribution is 2.25.